The Morgan fingerprint density at radius 3 is 2.18 bits per heavy atom. The summed E-state index contributed by atoms with van der Waals surface area (Å²) in [6.45, 7) is 10.9. The van der Waals surface area contributed by atoms with Gasteiger partial charge in [-0.15, -0.1) is 0 Å². The van der Waals surface area contributed by atoms with Crippen molar-refractivity contribution in [3.63, 3.8) is 0 Å². The number of hydrogen-bond acceptors (Lipinski definition) is 13. The van der Waals surface area contributed by atoms with E-state index in [1.54, 1.807) is 7.11 Å². The molecule has 3 saturated heterocycles. The van der Waals surface area contributed by atoms with Crippen LogP contribution >= 0.6 is 0 Å². The molecule has 5 aliphatic carbocycles. The SMILES string of the molecule is CO[C@@H]1O[C@@H]2C[C@]3(C)[C@@H]4[C@H](O[C@@H]5O[C@H](CO)[C@@H](O)[C@H](O)[C@H]5O)C[C@@H]5C(C)(C)[C@H](O[C@@H]6OC[C@@H](O)[C@H](O)[C@H]6O)CC[C@]56C[C@]46CC[C@]3(C)[C@H]2C[C@H]1C. The molecule has 3 heterocycles. The van der Waals surface area contributed by atoms with Gasteiger partial charge in [-0.25, -0.2) is 0 Å². The number of fused-ring (bicyclic) bond motifs is 4. The van der Waals surface area contributed by atoms with Crippen molar-refractivity contribution in [1.29, 1.82) is 0 Å². The molecule has 3 aliphatic heterocycles. The summed E-state index contributed by atoms with van der Waals surface area (Å²) in [5, 5.41) is 73.8. The Morgan fingerprint density at radius 1 is 0.745 bits per heavy atom. The minimum absolute atomic E-state index is 0.0271. The van der Waals surface area contributed by atoms with Crippen molar-refractivity contribution < 1.29 is 64.2 Å². The second kappa shape index (κ2) is 12.5. The van der Waals surface area contributed by atoms with E-state index in [9.17, 15) is 35.7 Å². The number of ether oxygens (including phenoxy) is 6. The van der Waals surface area contributed by atoms with Crippen molar-refractivity contribution >= 4 is 0 Å². The summed E-state index contributed by atoms with van der Waals surface area (Å²) < 4.78 is 37.7. The maximum Gasteiger partial charge on any atom is 0.186 e. The van der Waals surface area contributed by atoms with Gasteiger partial charge in [0.05, 0.1) is 31.5 Å². The first-order valence-electron chi connectivity index (χ1n) is 19.4. The highest BCUT2D eigenvalue weighted by molar-refractivity contribution is 5.33. The molecule has 13 heteroatoms. The lowest BCUT2D eigenvalue weighted by Crippen LogP contribution is -2.65. The highest BCUT2D eigenvalue weighted by Crippen LogP contribution is 2.89. The standard InChI is InChI=1S/C38H62O13/c1-17-11-18-21(49-31(17)46-6)13-36(5)30-20(48-33-29(45)27(43)26(42)22(14-39)50-33)12-23-34(2,3)24(51-32-28(44)25(41)19(40)15-47-32)7-8-37(23)16-38(30,37)10-9-35(18,36)4/h17-33,39-45H,7-16H2,1-6H3/t17-,18+,19-,20-,21-,22-,23-,24-,25+,26-,27+,28-,29-,30+,31-,32+,33-,35-,36-,37+,38-/m1/s1. The molecule has 5 saturated carbocycles. The van der Waals surface area contributed by atoms with Gasteiger partial charge in [0, 0.05) is 13.0 Å². The second-order valence-corrected chi connectivity index (χ2v) is 19.0. The monoisotopic (exact) mass is 726 g/mol. The molecule has 0 unspecified atom stereocenters. The van der Waals surface area contributed by atoms with Gasteiger partial charge in [-0.1, -0.05) is 34.6 Å². The molecule has 8 rings (SSSR count). The summed E-state index contributed by atoms with van der Waals surface area (Å²) >= 11 is 0. The Morgan fingerprint density at radius 2 is 1.47 bits per heavy atom. The molecule has 292 valence electrons. The quantitative estimate of drug-likeness (QED) is 0.192. The van der Waals surface area contributed by atoms with Crippen LogP contribution in [0.1, 0.15) is 86.0 Å². The van der Waals surface area contributed by atoms with Crippen LogP contribution in [0.5, 0.6) is 0 Å². The molecule has 0 aromatic heterocycles. The summed E-state index contributed by atoms with van der Waals surface area (Å²) in [4.78, 5) is 0. The summed E-state index contributed by atoms with van der Waals surface area (Å²) in [7, 11) is 1.72. The third-order valence-electron chi connectivity index (χ3n) is 16.7. The minimum atomic E-state index is -1.54. The normalized spacial score (nSPS) is 60.3. The van der Waals surface area contributed by atoms with Crippen LogP contribution in [-0.4, -0.2) is 136 Å². The van der Waals surface area contributed by atoms with Crippen molar-refractivity contribution in [2.24, 2.45) is 50.7 Å². The molecular formula is C38H62O13. The predicted octanol–water partition coefficient (Wildman–Crippen LogP) is 1.05. The minimum Gasteiger partial charge on any atom is -0.394 e. The van der Waals surface area contributed by atoms with Crippen LogP contribution in [0, 0.1) is 50.7 Å². The Labute approximate surface area is 300 Å². The molecule has 0 aromatic rings. The zero-order valence-corrected chi connectivity index (χ0v) is 31.0. The molecule has 21 atom stereocenters. The first-order chi connectivity index (χ1) is 24.0. The van der Waals surface area contributed by atoms with Crippen molar-refractivity contribution in [3.05, 3.63) is 0 Å². The lowest BCUT2D eigenvalue weighted by Gasteiger charge is -2.65. The Bertz CT molecular complexity index is 1320. The fourth-order valence-corrected chi connectivity index (χ4v) is 13.9. The number of aliphatic hydroxyl groups is 7. The van der Waals surface area contributed by atoms with Gasteiger partial charge in [0.2, 0.25) is 0 Å². The van der Waals surface area contributed by atoms with Gasteiger partial charge in [0.25, 0.3) is 0 Å². The van der Waals surface area contributed by atoms with Crippen LogP contribution in [-0.2, 0) is 28.4 Å². The number of aliphatic hydroxyl groups excluding tert-OH is 7. The van der Waals surface area contributed by atoms with Gasteiger partial charge in [0.1, 0.15) is 42.7 Å². The highest BCUT2D eigenvalue weighted by Gasteiger charge is 2.85. The van der Waals surface area contributed by atoms with Crippen LogP contribution in [0.15, 0.2) is 0 Å². The maximum atomic E-state index is 11.2. The van der Waals surface area contributed by atoms with Crippen LogP contribution in [0.25, 0.3) is 0 Å². The van der Waals surface area contributed by atoms with Crippen molar-refractivity contribution in [1.82, 2.24) is 0 Å². The van der Waals surface area contributed by atoms with E-state index in [-0.39, 0.29) is 70.6 Å². The fraction of sp³-hybridized carbons (Fsp3) is 1.00. The summed E-state index contributed by atoms with van der Waals surface area (Å²) in [6, 6.07) is 0. The zero-order valence-electron chi connectivity index (χ0n) is 31.0. The molecule has 0 amide bonds. The lowest BCUT2D eigenvalue weighted by molar-refractivity contribution is -0.335. The molecule has 13 nitrogen and oxygen atoms in total. The van der Waals surface area contributed by atoms with Gasteiger partial charge in [-0.05, 0) is 96.2 Å². The first kappa shape index (κ1) is 37.4. The number of hydrogen-bond donors (Lipinski definition) is 7. The van der Waals surface area contributed by atoms with Crippen LogP contribution in [0.3, 0.4) is 0 Å². The van der Waals surface area contributed by atoms with E-state index >= 15 is 0 Å². The Kier molecular flexibility index (Phi) is 9.16. The molecule has 2 spiro atoms. The molecule has 7 N–H and O–H groups in total. The van der Waals surface area contributed by atoms with Gasteiger partial charge < -0.3 is 64.2 Å². The summed E-state index contributed by atoms with van der Waals surface area (Å²) in [5.74, 6) is 0.837. The Hall–Kier alpha value is -0.520. The van der Waals surface area contributed by atoms with Crippen LogP contribution < -0.4 is 0 Å². The summed E-state index contributed by atoms with van der Waals surface area (Å²) in [6.07, 6.45) is -5.37. The molecule has 0 radical (unpaired) electrons. The average molecular weight is 727 g/mol. The largest absolute Gasteiger partial charge is 0.394 e. The van der Waals surface area contributed by atoms with Gasteiger partial charge in [-0.3, -0.25) is 0 Å². The van der Waals surface area contributed by atoms with E-state index < -0.39 is 67.3 Å². The van der Waals surface area contributed by atoms with Crippen molar-refractivity contribution in [2.75, 3.05) is 20.3 Å². The molecule has 0 aromatic carbocycles. The van der Waals surface area contributed by atoms with Gasteiger partial charge in [-0.2, -0.15) is 0 Å². The van der Waals surface area contributed by atoms with E-state index in [0.717, 1.165) is 44.9 Å². The second-order valence-electron chi connectivity index (χ2n) is 19.0. The van der Waals surface area contributed by atoms with Crippen LogP contribution in [0.4, 0.5) is 0 Å². The highest BCUT2D eigenvalue weighted by atomic mass is 16.7. The molecular weight excluding hydrogens is 664 g/mol. The third kappa shape index (κ3) is 5.06. The van der Waals surface area contributed by atoms with E-state index in [1.807, 2.05) is 0 Å². The van der Waals surface area contributed by atoms with E-state index in [4.69, 9.17) is 28.4 Å². The molecule has 8 aliphatic rings. The first-order valence-corrected chi connectivity index (χ1v) is 19.4. The van der Waals surface area contributed by atoms with E-state index in [0.29, 0.717) is 12.3 Å². The molecule has 0 bridgehead atoms. The summed E-state index contributed by atoms with van der Waals surface area (Å²) in [5.41, 5.74) is -0.663. The number of rotatable bonds is 6. The average Bonchev–Trinajstić information content (AvgIpc) is 3.69. The van der Waals surface area contributed by atoms with E-state index in [1.165, 1.54) is 0 Å². The molecule has 8 fully saturated rings. The van der Waals surface area contributed by atoms with Crippen LogP contribution in [0.2, 0.25) is 0 Å². The van der Waals surface area contributed by atoms with E-state index in [2.05, 4.69) is 34.6 Å². The zero-order chi connectivity index (χ0) is 36.6. The topological polar surface area (TPSA) is 197 Å². The smallest absolute Gasteiger partial charge is 0.186 e. The van der Waals surface area contributed by atoms with Crippen molar-refractivity contribution in [2.45, 2.75) is 166 Å². The lowest BCUT2D eigenvalue weighted by atomic mass is 9.41. The third-order valence-corrected chi connectivity index (χ3v) is 16.7. The van der Waals surface area contributed by atoms with Crippen molar-refractivity contribution in [3.8, 4) is 0 Å². The fourth-order valence-electron chi connectivity index (χ4n) is 13.9. The number of methoxy groups -OCH3 is 1. The van der Waals surface area contributed by atoms with Gasteiger partial charge >= 0.3 is 0 Å². The Balaban J connectivity index is 1.15. The van der Waals surface area contributed by atoms with Gasteiger partial charge in [0.15, 0.2) is 18.9 Å². The maximum absolute atomic E-state index is 11.2. The molecule has 51 heavy (non-hydrogen) atoms. The predicted molar refractivity (Wildman–Crippen MR) is 178 cm³/mol.